The molecule has 0 spiro atoms. The molecular formula is C36H40O6. The monoisotopic (exact) mass is 568 g/mol. The molecular weight excluding hydrogens is 528 g/mol. The van der Waals surface area contributed by atoms with Crippen LogP contribution in [0.2, 0.25) is 0 Å². The van der Waals surface area contributed by atoms with Crippen molar-refractivity contribution in [2.75, 3.05) is 13.7 Å². The van der Waals surface area contributed by atoms with E-state index in [1.807, 2.05) is 121 Å². The predicted octanol–water partition coefficient (Wildman–Crippen LogP) is 6.56. The number of carbonyl (C=O) groups is 1. The Kier molecular flexibility index (Phi) is 13.4. The Morgan fingerprint density at radius 1 is 0.548 bits per heavy atom. The number of rotatable bonds is 19. The molecule has 0 fully saturated rings. The van der Waals surface area contributed by atoms with Gasteiger partial charge in [-0.15, -0.1) is 0 Å². The van der Waals surface area contributed by atoms with E-state index < -0.39 is 24.4 Å². The smallest absolute Gasteiger partial charge is 0.151 e. The molecule has 0 aliphatic heterocycles. The predicted molar refractivity (Wildman–Crippen MR) is 163 cm³/mol. The van der Waals surface area contributed by atoms with Crippen LogP contribution in [0.3, 0.4) is 0 Å². The van der Waals surface area contributed by atoms with Crippen molar-refractivity contribution in [1.82, 2.24) is 0 Å². The lowest BCUT2D eigenvalue weighted by atomic mass is 10.00. The molecule has 220 valence electrons. The van der Waals surface area contributed by atoms with E-state index >= 15 is 0 Å². The standard InChI is InChI=1S/C36H40O6/c1-38-34(24-37)36(42-28-32-20-12-5-13-21-32)35(41-27-31-18-10-4-11-19-31)33(40-26-30-16-8-3-9-17-30)22-23-39-25-29-14-6-2-7-15-29/h2-21,24,33-36H,22-23,25-28H2,1H3. The minimum absolute atomic E-state index is 0.292. The third-order valence-electron chi connectivity index (χ3n) is 6.96. The Hall–Kier alpha value is -3.65. The van der Waals surface area contributed by atoms with Crippen molar-refractivity contribution < 1.29 is 28.5 Å². The summed E-state index contributed by atoms with van der Waals surface area (Å²) in [6, 6.07) is 39.8. The first-order valence-electron chi connectivity index (χ1n) is 14.3. The molecule has 42 heavy (non-hydrogen) atoms. The first kappa shape index (κ1) is 31.3. The highest BCUT2D eigenvalue weighted by Crippen LogP contribution is 2.23. The van der Waals surface area contributed by atoms with Crippen LogP contribution in [0.5, 0.6) is 0 Å². The fourth-order valence-electron chi connectivity index (χ4n) is 4.67. The third kappa shape index (κ3) is 10.3. The molecule has 0 bridgehead atoms. The van der Waals surface area contributed by atoms with E-state index in [1.54, 1.807) is 0 Å². The van der Waals surface area contributed by atoms with Crippen LogP contribution < -0.4 is 0 Å². The van der Waals surface area contributed by atoms with Gasteiger partial charge >= 0.3 is 0 Å². The zero-order chi connectivity index (χ0) is 29.2. The lowest BCUT2D eigenvalue weighted by molar-refractivity contribution is -0.186. The van der Waals surface area contributed by atoms with Crippen LogP contribution in [-0.4, -0.2) is 44.4 Å². The average Bonchev–Trinajstić information content (AvgIpc) is 3.06. The second-order valence-corrected chi connectivity index (χ2v) is 10.0. The summed E-state index contributed by atoms with van der Waals surface area (Å²) in [7, 11) is 1.51. The highest BCUT2D eigenvalue weighted by atomic mass is 16.6. The van der Waals surface area contributed by atoms with Gasteiger partial charge in [0.15, 0.2) is 6.29 Å². The summed E-state index contributed by atoms with van der Waals surface area (Å²) in [5, 5.41) is 0. The molecule has 0 saturated carbocycles. The number of benzene rings is 4. The summed E-state index contributed by atoms with van der Waals surface area (Å²) >= 11 is 0. The van der Waals surface area contributed by atoms with Gasteiger partial charge in [-0.2, -0.15) is 0 Å². The van der Waals surface area contributed by atoms with Crippen LogP contribution >= 0.6 is 0 Å². The van der Waals surface area contributed by atoms with Gasteiger partial charge in [0.25, 0.3) is 0 Å². The van der Waals surface area contributed by atoms with Gasteiger partial charge in [0.2, 0.25) is 0 Å². The van der Waals surface area contributed by atoms with Gasteiger partial charge < -0.3 is 28.5 Å². The van der Waals surface area contributed by atoms with E-state index in [9.17, 15) is 4.79 Å². The molecule has 0 amide bonds. The van der Waals surface area contributed by atoms with Crippen molar-refractivity contribution in [1.29, 1.82) is 0 Å². The topological polar surface area (TPSA) is 63.2 Å². The second-order valence-electron chi connectivity index (χ2n) is 10.0. The maximum absolute atomic E-state index is 12.3. The largest absolute Gasteiger partial charge is 0.377 e. The minimum Gasteiger partial charge on any atom is -0.377 e. The van der Waals surface area contributed by atoms with Crippen LogP contribution in [0.1, 0.15) is 28.7 Å². The Balaban J connectivity index is 1.57. The Morgan fingerprint density at radius 3 is 1.38 bits per heavy atom. The molecule has 0 saturated heterocycles. The SMILES string of the molecule is COC(C=O)C(OCc1ccccc1)C(OCc1ccccc1)C(CCOCc1ccccc1)OCc1ccccc1. The van der Waals surface area contributed by atoms with Gasteiger partial charge in [-0.05, 0) is 28.7 Å². The zero-order valence-corrected chi connectivity index (χ0v) is 24.1. The number of aldehydes is 1. The molecule has 6 heteroatoms. The first-order valence-corrected chi connectivity index (χ1v) is 14.3. The molecule has 0 aliphatic carbocycles. The number of hydrogen-bond donors (Lipinski definition) is 0. The van der Waals surface area contributed by atoms with Crippen molar-refractivity contribution in [2.24, 2.45) is 0 Å². The molecule has 4 aromatic carbocycles. The lowest BCUT2D eigenvalue weighted by Gasteiger charge is -2.36. The molecule has 6 nitrogen and oxygen atoms in total. The zero-order valence-electron chi connectivity index (χ0n) is 24.1. The van der Waals surface area contributed by atoms with Crippen LogP contribution in [0, 0.1) is 0 Å². The van der Waals surface area contributed by atoms with Crippen LogP contribution in [0.25, 0.3) is 0 Å². The van der Waals surface area contributed by atoms with E-state index in [-0.39, 0.29) is 0 Å². The maximum Gasteiger partial charge on any atom is 0.151 e. The van der Waals surface area contributed by atoms with Crippen LogP contribution in [-0.2, 0) is 54.9 Å². The quantitative estimate of drug-likeness (QED) is 0.0943. The van der Waals surface area contributed by atoms with Crippen molar-refractivity contribution in [3.05, 3.63) is 144 Å². The van der Waals surface area contributed by atoms with E-state index in [1.165, 1.54) is 7.11 Å². The van der Waals surface area contributed by atoms with Gasteiger partial charge in [0, 0.05) is 13.7 Å². The fraction of sp³-hybridized carbons (Fsp3) is 0.306. The molecule has 0 heterocycles. The average molecular weight is 569 g/mol. The van der Waals surface area contributed by atoms with Gasteiger partial charge in [-0.25, -0.2) is 0 Å². The Morgan fingerprint density at radius 2 is 0.952 bits per heavy atom. The molecule has 4 rings (SSSR count). The number of ether oxygens (including phenoxy) is 5. The molecule has 4 aromatic rings. The highest BCUT2D eigenvalue weighted by Gasteiger charge is 2.38. The van der Waals surface area contributed by atoms with Gasteiger partial charge in [0.05, 0.1) is 32.5 Å². The van der Waals surface area contributed by atoms with Crippen LogP contribution in [0.4, 0.5) is 0 Å². The number of hydrogen-bond acceptors (Lipinski definition) is 6. The summed E-state index contributed by atoms with van der Waals surface area (Å²) < 4.78 is 31.2. The van der Waals surface area contributed by atoms with Crippen molar-refractivity contribution in [3.8, 4) is 0 Å². The molecule has 0 N–H and O–H groups in total. The van der Waals surface area contributed by atoms with E-state index in [0.29, 0.717) is 39.5 Å². The number of carbonyl (C=O) groups excluding carboxylic acids is 1. The summed E-state index contributed by atoms with van der Waals surface area (Å²) in [6.45, 7) is 1.91. The molecule has 0 aliphatic rings. The normalized spacial score (nSPS) is 14.1. The molecule has 0 radical (unpaired) electrons. The van der Waals surface area contributed by atoms with Crippen molar-refractivity contribution >= 4 is 6.29 Å². The minimum atomic E-state index is -0.859. The first-order chi connectivity index (χ1) is 20.8. The molecule has 0 aromatic heterocycles. The summed E-state index contributed by atoms with van der Waals surface area (Å²) in [5.74, 6) is 0. The summed E-state index contributed by atoms with van der Waals surface area (Å²) in [6.07, 6.45) is -1.38. The second kappa shape index (κ2) is 18.0. The Labute approximate surface area is 249 Å². The van der Waals surface area contributed by atoms with E-state index in [4.69, 9.17) is 23.7 Å². The fourth-order valence-corrected chi connectivity index (χ4v) is 4.67. The van der Waals surface area contributed by atoms with E-state index in [0.717, 1.165) is 28.5 Å². The maximum atomic E-state index is 12.3. The lowest BCUT2D eigenvalue weighted by Crippen LogP contribution is -2.50. The van der Waals surface area contributed by atoms with Gasteiger partial charge in [0.1, 0.15) is 18.3 Å². The van der Waals surface area contributed by atoms with Gasteiger partial charge in [-0.3, -0.25) is 0 Å². The molecule has 4 unspecified atom stereocenters. The third-order valence-corrected chi connectivity index (χ3v) is 6.96. The summed E-state index contributed by atoms with van der Waals surface area (Å²) in [4.78, 5) is 12.3. The van der Waals surface area contributed by atoms with Crippen molar-refractivity contribution in [2.45, 2.75) is 57.3 Å². The van der Waals surface area contributed by atoms with Crippen LogP contribution in [0.15, 0.2) is 121 Å². The molecule has 4 atom stereocenters. The van der Waals surface area contributed by atoms with E-state index in [2.05, 4.69) is 0 Å². The van der Waals surface area contributed by atoms with Crippen molar-refractivity contribution in [3.63, 3.8) is 0 Å². The summed E-state index contributed by atoms with van der Waals surface area (Å²) in [5.41, 5.74) is 4.13. The number of methoxy groups -OCH3 is 1. The Bertz CT molecular complexity index is 1250. The van der Waals surface area contributed by atoms with Gasteiger partial charge in [-0.1, -0.05) is 121 Å². The highest BCUT2D eigenvalue weighted by molar-refractivity contribution is 5.57.